The van der Waals surface area contributed by atoms with Crippen LogP contribution < -0.4 is 0 Å². The maximum Gasteiger partial charge on any atom is 0.248 e. The predicted octanol–water partition coefficient (Wildman–Crippen LogP) is 2.48. The summed E-state index contributed by atoms with van der Waals surface area (Å²) in [6.45, 7) is 3.91. The van der Waals surface area contributed by atoms with E-state index in [9.17, 15) is 13.2 Å². The van der Waals surface area contributed by atoms with E-state index >= 15 is 0 Å². The fourth-order valence-electron chi connectivity index (χ4n) is 4.27. The van der Waals surface area contributed by atoms with E-state index in [0.29, 0.717) is 30.5 Å². The summed E-state index contributed by atoms with van der Waals surface area (Å²) in [4.78, 5) is 15.0. The zero-order valence-corrected chi connectivity index (χ0v) is 16.7. The molecular weight excluding hydrogens is 354 g/mol. The van der Waals surface area contributed by atoms with Crippen LogP contribution in [-0.2, 0) is 14.8 Å². The standard InChI is InChI=1S/C18H29N3O4S/c1-13-17(14(2)25-19-13)26(23,24)21-11-7-8-15(12-21)18(22)20(3)16-9-5-4-6-10-16/h15-16H,4-12H2,1-3H3. The fraction of sp³-hybridized carbons (Fsp3) is 0.778. The second kappa shape index (κ2) is 7.68. The van der Waals surface area contributed by atoms with Crippen LogP contribution in [0.4, 0.5) is 0 Å². The molecule has 1 atom stereocenters. The van der Waals surface area contributed by atoms with Gasteiger partial charge in [0.05, 0.1) is 5.92 Å². The SMILES string of the molecule is Cc1noc(C)c1S(=O)(=O)N1CCCC(C(=O)N(C)C2CCCCC2)C1. The van der Waals surface area contributed by atoms with Crippen molar-refractivity contribution in [3.63, 3.8) is 0 Å². The highest BCUT2D eigenvalue weighted by Gasteiger charge is 2.38. The van der Waals surface area contributed by atoms with Crippen LogP contribution in [0.5, 0.6) is 0 Å². The number of carbonyl (C=O) groups is 1. The lowest BCUT2D eigenvalue weighted by Crippen LogP contribution is -2.48. The number of hydrogen-bond acceptors (Lipinski definition) is 5. The Hall–Kier alpha value is -1.41. The zero-order valence-electron chi connectivity index (χ0n) is 15.9. The molecule has 1 aromatic heterocycles. The maximum atomic E-state index is 13.0. The van der Waals surface area contributed by atoms with Gasteiger partial charge < -0.3 is 9.42 Å². The smallest absolute Gasteiger partial charge is 0.248 e. The minimum atomic E-state index is -3.69. The Bertz CT molecular complexity index is 733. The fourth-order valence-corrected chi connectivity index (χ4v) is 6.09. The first-order valence-corrected chi connectivity index (χ1v) is 11.0. The second-order valence-electron chi connectivity index (χ2n) is 7.60. The Labute approximate surface area is 155 Å². The Morgan fingerprint density at radius 2 is 1.85 bits per heavy atom. The highest BCUT2D eigenvalue weighted by atomic mass is 32.2. The van der Waals surface area contributed by atoms with Gasteiger partial charge in [-0.05, 0) is 39.5 Å². The van der Waals surface area contributed by atoms with E-state index in [1.54, 1.807) is 13.8 Å². The summed E-state index contributed by atoms with van der Waals surface area (Å²) in [5, 5.41) is 3.76. The molecule has 8 heteroatoms. The van der Waals surface area contributed by atoms with Gasteiger partial charge in [-0.2, -0.15) is 4.31 Å². The largest absolute Gasteiger partial charge is 0.360 e. The van der Waals surface area contributed by atoms with E-state index in [1.807, 2.05) is 11.9 Å². The van der Waals surface area contributed by atoms with Crippen molar-refractivity contribution < 1.29 is 17.7 Å². The molecule has 0 aromatic carbocycles. The number of aromatic nitrogens is 1. The molecule has 3 rings (SSSR count). The van der Waals surface area contributed by atoms with E-state index in [1.165, 1.54) is 23.6 Å². The topological polar surface area (TPSA) is 83.7 Å². The van der Waals surface area contributed by atoms with Crippen molar-refractivity contribution in [3.8, 4) is 0 Å². The van der Waals surface area contributed by atoms with Crippen LogP contribution in [0.15, 0.2) is 9.42 Å². The average molecular weight is 384 g/mol. The number of sulfonamides is 1. The van der Waals surface area contributed by atoms with Crippen molar-refractivity contribution in [3.05, 3.63) is 11.5 Å². The molecule has 1 aliphatic carbocycles. The van der Waals surface area contributed by atoms with Gasteiger partial charge in [-0.15, -0.1) is 0 Å². The first kappa shape index (κ1) is 19.4. The van der Waals surface area contributed by atoms with Gasteiger partial charge >= 0.3 is 0 Å². The first-order chi connectivity index (χ1) is 12.3. The van der Waals surface area contributed by atoms with Gasteiger partial charge in [0.1, 0.15) is 10.6 Å². The Kier molecular flexibility index (Phi) is 5.72. The molecule has 1 saturated carbocycles. The quantitative estimate of drug-likeness (QED) is 0.797. The molecule has 0 bridgehead atoms. The summed E-state index contributed by atoms with van der Waals surface area (Å²) >= 11 is 0. The number of aryl methyl sites for hydroxylation is 2. The van der Waals surface area contributed by atoms with Gasteiger partial charge in [-0.3, -0.25) is 4.79 Å². The number of piperidine rings is 1. The molecule has 1 saturated heterocycles. The zero-order chi connectivity index (χ0) is 18.9. The minimum Gasteiger partial charge on any atom is -0.360 e. The highest BCUT2D eigenvalue weighted by Crippen LogP contribution is 2.29. The summed E-state index contributed by atoms with van der Waals surface area (Å²) in [5.41, 5.74) is 0.371. The number of rotatable bonds is 4. The highest BCUT2D eigenvalue weighted by molar-refractivity contribution is 7.89. The third kappa shape index (κ3) is 3.67. The summed E-state index contributed by atoms with van der Waals surface area (Å²) in [5.74, 6) is 0.108. The van der Waals surface area contributed by atoms with E-state index in [-0.39, 0.29) is 23.3 Å². The summed E-state index contributed by atoms with van der Waals surface area (Å²) in [6.07, 6.45) is 7.11. The van der Waals surface area contributed by atoms with Gasteiger partial charge in [-0.25, -0.2) is 8.42 Å². The monoisotopic (exact) mass is 383 g/mol. The molecule has 1 aliphatic heterocycles. The number of amides is 1. The molecule has 0 spiro atoms. The Morgan fingerprint density at radius 3 is 2.46 bits per heavy atom. The van der Waals surface area contributed by atoms with E-state index in [0.717, 1.165) is 19.3 Å². The predicted molar refractivity (Wildman–Crippen MR) is 97.1 cm³/mol. The maximum absolute atomic E-state index is 13.0. The Morgan fingerprint density at radius 1 is 1.15 bits per heavy atom. The third-order valence-electron chi connectivity index (χ3n) is 5.77. The Balaban J connectivity index is 1.73. The van der Waals surface area contributed by atoms with Gasteiger partial charge in [0, 0.05) is 26.2 Å². The van der Waals surface area contributed by atoms with Crippen molar-refractivity contribution >= 4 is 15.9 Å². The molecule has 26 heavy (non-hydrogen) atoms. The molecule has 1 amide bonds. The number of carbonyl (C=O) groups excluding carboxylic acids is 1. The average Bonchev–Trinajstić information content (AvgIpc) is 3.00. The van der Waals surface area contributed by atoms with Crippen molar-refractivity contribution in [1.82, 2.24) is 14.4 Å². The van der Waals surface area contributed by atoms with Crippen molar-refractivity contribution in [2.24, 2.45) is 5.92 Å². The lowest BCUT2D eigenvalue weighted by atomic mass is 9.92. The summed E-state index contributed by atoms with van der Waals surface area (Å²) in [7, 11) is -1.82. The lowest BCUT2D eigenvalue weighted by Gasteiger charge is -2.37. The number of nitrogens with zero attached hydrogens (tertiary/aromatic N) is 3. The molecule has 2 aliphatic rings. The number of hydrogen-bond donors (Lipinski definition) is 0. The van der Waals surface area contributed by atoms with Crippen LogP contribution >= 0.6 is 0 Å². The van der Waals surface area contributed by atoms with Gasteiger partial charge in [0.25, 0.3) is 0 Å². The van der Waals surface area contributed by atoms with Gasteiger partial charge in [0.2, 0.25) is 15.9 Å². The van der Waals surface area contributed by atoms with Crippen molar-refractivity contribution in [2.75, 3.05) is 20.1 Å². The van der Waals surface area contributed by atoms with Gasteiger partial charge in [0.15, 0.2) is 5.76 Å². The van der Waals surface area contributed by atoms with Gasteiger partial charge in [-0.1, -0.05) is 24.4 Å². The summed E-state index contributed by atoms with van der Waals surface area (Å²) in [6, 6.07) is 0.297. The molecule has 0 N–H and O–H groups in total. The molecular formula is C18H29N3O4S. The van der Waals surface area contributed by atoms with Crippen LogP contribution in [0.3, 0.4) is 0 Å². The molecule has 2 fully saturated rings. The van der Waals surface area contributed by atoms with Crippen LogP contribution in [0.25, 0.3) is 0 Å². The minimum absolute atomic E-state index is 0.0792. The molecule has 0 radical (unpaired) electrons. The third-order valence-corrected chi connectivity index (χ3v) is 7.88. The summed E-state index contributed by atoms with van der Waals surface area (Å²) < 4.78 is 32.5. The van der Waals surface area contributed by atoms with E-state index in [4.69, 9.17) is 4.52 Å². The van der Waals surface area contributed by atoms with Crippen molar-refractivity contribution in [2.45, 2.75) is 69.7 Å². The second-order valence-corrected chi connectivity index (χ2v) is 9.47. The van der Waals surface area contributed by atoms with Crippen molar-refractivity contribution in [1.29, 1.82) is 0 Å². The molecule has 146 valence electrons. The normalized spacial score (nSPS) is 23.1. The van der Waals surface area contributed by atoms with E-state index in [2.05, 4.69) is 5.16 Å². The molecule has 1 aromatic rings. The van der Waals surface area contributed by atoms with Crippen LogP contribution in [0, 0.1) is 19.8 Å². The van der Waals surface area contributed by atoms with Crippen LogP contribution in [0.2, 0.25) is 0 Å². The molecule has 7 nitrogen and oxygen atoms in total. The lowest BCUT2D eigenvalue weighted by molar-refractivity contribution is -0.138. The molecule has 1 unspecified atom stereocenters. The van der Waals surface area contributed by atoms with E-state index < -0.39 is 10.0 Å². The molecule has 2 heterocycles. The van der Waals surface area contributed by atoms with Crippen LogP contribution in [-0.4, -0.2) is 54.9 Å². The first-order valence-electron chi connectivity index (χ1n) is 9.52. The van der Waals surface area contributed by atoms with Crippen LogP contribution in [0.1, 0.15) is 56.4 Å².